The van der Waals surface area contributed by atoms with E-state index >= 15 is 0 Å². The summed E-state index contributed by atoms with van der Waals surface area (Å²) in [5.74, 6) is -0.719. The van der Waals surface area contributed by atoms with Crippen molar-refractivity contribution in [2.75, 3.05) is 26.7 Å². The standard InChI is InChI=1S/C16H24N4O4S/c1-19(10-8-15(18)21)25(23,24)14-6-4-12(5-7-14)16(22)20-9-2-3-13(17)11-20/h4-7,13H,2-3,8-11,17H2,1H3,(H2,18,21)/t13-/m1/s1. The number of nitrogens with two attached hydrogens (primary N) is 2. The van der Waals surface area contributed by atoms with Gasteiger partial charge in [-0.05, 0) is 37.1 Å². The lowest BCUT2D eigenvalue weighted by atomic mass is 10.1. The summed E-state index contributed by atoms with van der Waals surface area (Å²) in [5, 5.41) is 0. The average Bonchev–Trinajstić information content (AvgIpc) is 2.59. The Morgan fingerprint density at radius 1 is 1.28 bits per heavy atom. The van der Waals surface area contributed by atoms with Gasteiger partial charge in [0.05, 0.1) is 4.90 Å². The van der Waals surface area contributed by atoms with Gasteiger partial charge >= 0.3 is 0 Å². The van der Waals surface area contributed by atoms with Crippen LogP contribution in [0.2, 0.25) is 0 Å². The highest BCUT2D eigenvalue weighted by atomic mass is 32.2. The topological polar surface area (TPSA) is 127 Å². The molecule has 0 unspecified atom stereocenters. The van der Waals surface area contributed by atoms with Crippen molar-refractivity contribution in [3.8, 4) is 0 Å². The van der Waals surface area contributed by atoms with Crippen LogP contribution in [0, 0.1) is 0 Å². The summed E-state index contributed by atoms with van der Waals surface area (Å²) >= 11 is 0. The normalized spacial score (nSPS) is 18.4. The summed E-state index contributed by atoms with van der Waals surface area (Å²) in [5.41, 5.74) is 11.4. The quantitative estimate of drug-likeness (QED) is 0.715. The Balaban J connectivity index is 2.10. The largest absolute Gasteiger partial charge is 0.370 e. The van der Waals surface area contributed by atoms with E-state index in [1.54, 1.807) is 4.90 Å². The molecule has 1 fully saturated rings. The van der Waals surface area contributed by atoms with Crippen molar-refractivity contribution < 1.29 is 18.0 Å². The molecule has 0 radical (unpaired) electrons. The molecule has 4 N–H and O–H groups in total. The summed E-state index contributed by atoms with van der Waals surface area (Å²) in [4.78, 5) is 25.0. The zero-order valence-electron chi connectivity index (χ0n) is 14.2. The highest BCUT2D eigenvalue weighted by Crippen LogP contribution is 2.18. The number of hydrogen-bond acceptors (Lipinski definition) is 5. The summed E-state index contributed by atoms with van der Waals surface area (Å²) < 4.78 is 25.9. The second-order valence-electron chi connectivity index (χ2n) is 6.22. The minimum absolute atomic E-state index is 0.00398. The Labute approximate surface area is 147 Å². The van der Waals surface area contributed by atoms with Gasteiger partial charge in [0, 0.05) is 44.7 Å². The zero-order valence-corrected chi connectivity index (χ0v) is 15.0. The third-order valence-electron chi connectivity index (χ3n) is 4.23. The Kier molecular flexibility index (Phi) is 6.15. The molecule has 0 saturated carbocycles. The van der Waals surface area contributed by atoms with Crippen LogP contribution in [0.15, 0.2) is 29.2 Å². The van der Waals surface area contributed by atoms with E-state index in [2.05, 4.69) is 0 Å². The number of likely N-dealkylation sites (tertiary alicyclic amines) is 1. The lowest BCUT2D eigenvalue weighted by Crippen LogP contribution is -2.45. The molecule has 2 rings (SSSR count). The van der Waals surface area contributed by atoms with Gasteiger partial charge in [-0.1, -0.05) is 0 Å². The van der Waals surface area contributed by atoms with Crippen LogP contribution >= 0.6 is 0 Å². The monoisotopic (exact) mass is 368 g/mol. The molecule has 9 heteroatoms. The maximum Gasteiger partial charge on any atom is 0.253 e. The number of carbonyl (C=O) groups is 2. The molecule has 1 atom stereocenters. The van der Waals surface area contributed by atoms with Gasteiger partial charge in [0.25, 0.3) is 5.91 Å². The van der Waals surface area contributed by atoms with Gasteiger partial charge in [0.1, 0.15) is 0 Å². The highest BCUT2D eigenvalue weighted by molar-refractivity contribution is 7.89. The molecule has 138 valence electrons. The summed E-state index contributed by atoms with van der Waals surface area (Å²) in [6.07, 6.45) is 1.71. The van der Waals surface area contributed by atoms with Crippen LogP contribution in [0.3, 0.4) is 0 Å². The Hall–Kier alpha value is -1.97. The molecule has 1 aromatic carbocycles. The van der Waals surface area contributed by atoms with Gasteiger partial charge in [0.2, 0.25) is 15.9 Å². The van der Waals surface area contributed by atoms with Crippen molar-refractivity contribution in [2.45, 2.75) is 30.2 Å². The molecule has 8 nitrogen and oxygen atoms in total. The summed E-state index contributed by atoms with van der Waals surface area (Å²) in [7, 11) is -2.35. The van der Waals surface area contributed by atoms with Gasteiger partial charge in [-0.3, -0.25) is 9.59 Å². The zero-order chi connectivity index (χ0) is 18.6. The molecule has 2 amide bonds. The van der Waals surface area contributed by atoms with Crippen LogP contribution in [-0.2, 0) is 14.8 Å². The second-order valence-corrected chi connectivity index (χ2v) is 8.27. The third kappa shape index (κ3) is 4.77. The molecular formula is C16H24N4O4S. The van der Waals surface area contributed by atoms with Crippen LogP contribution in [0.1, 0.15) is 29.6 Å². The van der Waals surface area contributed by atoms with E-state index in [9.17, 15) is 18.0 Å². The number of carbonyl (C=O) groups excluding carboxylic acids is 2. The van der Waals surface area contributed by atoms with Gasteiger partial charge in [-0.15, -0.1) is 0 Å². The molecule has 0 aromatic heterocycles. The number of benzene rings is 1. The Morgan fingerprint density at radius 2 is 1.92 bits per heavy atom. The fourth-order valence-corrected chi connectivity index (χ4v) is 3.89. The summed E-state index contributed by atoms with van der Waals surface area (Å²) in [6, 6.07) is 5.77. The molecule has 0 bridgehead atoms. The average molecular weight is 368 g/mol. The first kappa shape index (κ1) is 19.4. The van der Waals surface area contributed by atoms with Crippen molar-refractivity contribution in [1.82, 2.24) is 9.21 Å². The second kappa shape index (κ2) is 7.94. The van der Waals surface area contributed by atoms with Gasteiger partial charge < -0.3 is 16.4 Å². The fourth-order valence-electron chi connectivity index (χ4n) is 2.71. The Morgan fingerprint density at radius 3 is 2.48 bits per heavy atom. The third-order valence-corrected chi connectivity index (χ3v) is 6.10. The molecule has 1 aromatic rings. The first-order chi connectivity index (χ1) is 11.7. The molecule has 1 aliphatic heterocycles. The molecule has 1 aliphatic rings. The van der Waals surface area contributed by atoms with E-state index in [0.29, 0.717) is 18.7 Å². The highest BCUT2D eigenvalue weighted by Gasteiger charge is 2.24. The Bertz CT molecular complexity index is 733. The maximum atomic E-state index is 12.5. The predicted molar refractivity (Wildman–Crippen MR) is 93.2 cm³/mol. The van der Waals surface area contributed by atoms with Crippen molar-refractivity contribution >= 4 is 21.8 Å². The molecule has 1 heterocycles. The number of rotatable bonds is 6. The van der Waals surface area contributed by atoms with Crippen LogP contribution in [0.4, 0.5) is 0 Å². The van der Waals surface area contributed by atoms with Crippen molar-refractivity contribution in [3.05, 3.63) is 29.8 Å². The van der Waals surface area contributed by atoms with Crippen molar-refractivity contribution in [3.63, 3.8) is 0 Å². The van der Waals surface area contributed by atoms with Crippen LogP contribution < -0.4 is 11.5 Å². The lowest BCUT2D eigenvalue weighted by Gasteiger charge is -2.30. The minimum atomic E-state index is -3.73. The molecule has 1 saturated heterocycles. The van der Waals surface area contributed by atoms with Crippen molar-refractivity contribution in [2.24, 2.45) is 11.5 Å². The van der Waals surface area contributed by atoms with E-state index in [0.717, 1.165) is 17.1 Å². The van der Waals surface area contributed by atoms with E-state index in [1.807, 2.05) is 0 Å². The maximum absolute atomic E-state index is 12.5. The molecule has 0 aliphatic carbocycles. The lowest BCUT2D eigenvalue weighted by molar-refractivity contribution is -0.118. The van der Waals surface area contributed by atoms with Gasteiger partial charge in [0.15, 0.2) is 0 Å². The number of amides is 2. The molecule has 0 spiro atoms. The van der Waals surface area contributed by atoms with E-state index < -0.39 is 15.9 Å². The smallest absolute Gasteiger partial charge is 0.253 e. The van der Waals surface area contributed by atoms with Crippen LogP contribution in [0.25, 0.3) is 0 Å². The molecule has 25 heavy (non-hydrogen) atoms. The fraction of sp³-hybridized carbons (Fsp3) is 0.500. The number of nitrogens with zero attached hydrogens (tertiary/aromatic N) is 2. The summed E-state index contributed by atoms with van der Waals surface area (Å²) in [6.45, 7) is 1.17. The number of piperidine rings is 1. The van der Waals surface area contributed by atoms with Crippen LogP contribution in [-0.4, -0.2) is 62.2 Å². The molecular weight excluding hydrogens is 344 g/mol. The first-order valence-corrected chi connectivity index (χ1v) is 9.55. The number of hydrogen-bond donors (Lipinski definition) is 2. The van der Waals surface area contributed by atoms with E-state index in [1.165, 1.54) is 31.3 Å². The van der Waals surface area contributed by atoms with Gasteiger partial charge in [-0.25, -0.2) is 12.7 Å². The number of primary amides is 1. The van der Waals surface area contributed by atoms with E-state index in [4.69, 9.17) is 11.5 Å². The minimum Gasteiger partial charge on any atom is -0.370 e. The van der Waals surface area contributed by atoms with E-state index in [-0.39, 0.29) is 29.8 Å². The van der Waals surface area contributed by atoms with Crippen molar-refractivity contribution in [1.29, 1.82) is 0 Å². The van der Waals surface area contributed by atoms with Crippen LogP contribution in [0.5, 0.6) is 0 Å². The predicted octanol–water partition coefficient (Wildman–Crippen LogP) is -0.254. The number of sulfonamides is 1. The SMILES string of the molecule is CN(CCC(N)=O)S(=O)(=O)c1ccc(C(=O)N2CCC[C@@H](N)C2)cc1. The first-order valence-electron chi connectivity index (χ1n) is 8.11. The van der Waals surface area contributed by atoms with Gasteiger partial charge in [-0.2, -0.15) is 0 Å².